The highest BCUT2D eigenvalue weighted by molar-refractivity contribution is 5.89. The number of nitrogens with two attached hydrogens (primary N) is 1. The SMILES string of the molecule is Nc1ncnc(NCC2CCN(C(=O)CCN3CCCCC3)CC2=O)c1-c1ccc(Oc2ccccc2)cc1. The van der Waals surface area contributed by atoms with Gasteiger partial charge in [-0.2, -0.15) is 0 Å². The number of nitrogens with one attached hydrogen (secondary N) is 1. The van der Waals surface area contributed by atoms with Crippen molar-refractivity contribution in [3.63, 3.8) is 0 Å². The molecule has 0 saturated carbocycles. The molecule has 2 saturated heterocycles. The number of Topliss-reactive ketones (excluding diaryl/α,β-unsaturated/α-hetero) is 1. The number of ether oxygens (including phenoxy) is 1. The topological polar surface area (TPSA) is 114 Å². The molecule has 9 nitrogen and oxygen atoms in total. The Morgan fingerprint density at radius 2 is 1.72 bits per heavy atom. The van der Waals surface area contributed by atoms with E-state index in [-0.39, 0.29) is 24.2 Å². The fourth-order valence-electron chi connectivity index (χ4n) is 5.24. The molecule has 2 aromatic carbocycles. The lowest BCUT2D eigenvalue weighted by Crippen LogP contribution is -2.46. The van der Waals surface area contributed by atoms with Gasteiger partial charge in [0.2, 0.25) is 5.91 Å². The molecule has 1 amide bonds. The quantitative estimate of drug-likeness (QED) is 0.424. The summed E-state index contributed by atoms with van der Waals surface area (Å²) >= 11 is 0. The van der Waals surface area contributed by atoms with Gasteiger partial charge in [-0.15, -0.1) is 0 Å². The van der Waals surface area contributed by atoms with E-state index in [4.69, 9.17) is 10.5 Å². The Labute approximate surface area is 229 Å². The van der Waals surface area contributed by atoms with E-state index in [9.17, 15) is 9.59 Å². The van der Waals surface area contributed by atoms with Crippen molar-refractivity contribution in [3.8, 4) is 22.6 Å². The molecule has 0 spiro atoms. The summed E-state index contributed by atoms with van der Waals surface area (Å²) in [5.74, 6) is 2.35. The van der Waals surface area contributed by atoms with Gasteiger partial charge in [0, 0.05) is 32.0 Å². The summed E-state index contributed by atoms with van der Waals surface area (Å²) < 4.78 is 5.89. The fraction of sp³-hybridized carbons (Fsp3) is 0.400. The fourth-order valence-corrected chi connectivity index (χ4v) is 5.24. The zero-order chi connectivity index (χ0) is 27.0. The summed E-state index contributed by atoms with van der Waals surface area (Å²) in [6.07, 6.45) is 6.22. The number of para-hydroxylation sites is 1. The first-order valence-corrected chi connectivity index (χ1v) is 13.8. The van der Waals surface area contributed by atoms with Crippen LogP contribution in [0, 0.1) is 5.92 Å². The monoisotopic (exact) mass is 528 g/mol. The number of amides is 1. The molecule has 0 aliphatic carbocycles. The number of benzene rings is 2. The average Bonchev–Trinajstić information content (AvgIpc) is 2.97. The van der Waals surface area contributed by atoms with Gasteiger partial charge < -0.3 is 25.6 Å². The lowest BCUT2D eigenvalue weighted by molar-refractivity contribution is -0.139. The third kappa shape index (κ3) is 6.92. The van der Waals surface area contributed by atoms with Gasteiger partial charge in [0.25, 0.3) is 0 Å². The third-order valence-corrected chi connectivity index (χ3v) is 7.51. The zero-order valence-electron chi connectivity index (χ0n) is 22.2. The van der Waals surface area contributed by atoms with Crippen molar-refractivity contribution >= 4 is 23.3 Å². The minimum atomic E-state index is -0.193. The number of rotatable bonds is 9. The van der Waals surface area contributed by atoms with E-state index in [1.807, 2.05) is 54.6 Å². The highest BCUT2D eigenvalue weighted by atomic mass is 16.5. The Morgan fingerprint density at radius 3 is 2.46 bits per heavy atom. The van der Waals surface area contributed by atoms with Crippen LogP contribution < -0.4 is 15.8 Å². The maximum atomic E-state index is 12.9. The van der Waals surface area contributed by atoms with Crippen LogP contribution in [0.25, 0.3) is 11.1 Å². The van der Waals surface area contributed by atoms with Crippen molar-refractivity contribution in [1.29, 1.82) is 0 Å². The van der Waals surface area contributed by atoms with E-state index in [0.29, 0.717) is 48.9 Å². The molecule has 1 atom stereocenters. The van der Waals surface area contributed by atoms with Crippen LogP contribution >= 0.6 is 0 Å². The van der Waals surface area contributed by atoms with Crippen LogP contribution in [0.5, 0.6) is 11.5 Å². The molecule has 2 aliphatic rings. The molecule has 2 fully saturated rings. The number of hydrogen-bond acceptors (Lipinski definition) is 8. The first kappa shape index (κ1) is 26.6. The summed E-state index contributed by atoms with van der Waals surface area (Å²) in [6.45, 7) is 4.12. The van der Waals surface area contributed by atoms with Crippen LogP contribution in [0.2, 0.25) is 0 Å². The number of nitrogen functional groups attached to an aromatic ring is 1. The molecule has 0 bridgehead atoms. The molecule has 3 N–H and O–H groups in total. The van der Waals surface area contributed by atoms with E-state index in [0.717, 1.165) is 30.9 Å². The number of anilines is 2. The van der Waals surface area contributed by atoms with Crippen LogP contribution in [0.3, 0.4) is 0 Å². The number of piperidine rings is 2. The molecule has 9 heteroatoms. The Morgan fingerprint density at radius 1 is 0.974 bits per heavy atom. The highest BCUT2D eigenvalue weighted by Gasteiger charge is 2.30. The van der Waals surface area contributed by atoms with Gasteiger partial charge in [-0.25, -0.2) is 9.97 Å². The molecule has 2 aliphatic heterocycles. The van der Waals surface area contributed by atoms with Crippen LogP contribution in [0.1, 0.15) is 32.1 Å². The molecule has 3 aromatic rings. The second-order valence-electron chi connectivity index (χ2n) is 10.2. The molecule has 0 radical (unpaired) electrons. The molecule has 204 valence electrons. The normalized spacial score (nSPS) is 18.1. The van der Waals surface area contributed by atoms with Gasteiger partial charge in [0.15, 0.2) is 5.78 Å². The largest absolute Gasteiger partial charge is 0.457 e. The Hall–Kier alpha value is -3.98. The van der Waals surface area contributed by atoms with Crippen molar-refractivity contribution in [2.24, 2.45) is 5.92 Å². The maximum Gasteiger partial charge on any atom is 0.224 e. The van der Waals surface area contributed by atoms with E-state index >= 15 is 0 Å². The van der Waals surface area contributed by atoms with Crippen LogP contribution in [-0.4, -0.2) is 70.7 Å². The van der Waals surface area contributed by atoms with Gasteiger partial charge in [-0.05, 0) is 62.2 Å². The van der Waals surface area contributed by atoms with Crippen molar-refractivity contribution < 1.29 is 14.3 Å². The molecule has 3 heterocycles. The van der Waals surface area contributed by atoms with E-state index in [1.54, 1.807) is 4.90 Å². The second kappa shape index (κ2) is 12.7. The molecule has 39 heavy (non-hydrogen) atoms. The van der Waals surface area contributed by atoms with E-state index < -0.39 is 0 Å². The molecular weight excluding hydrogens is 492 g/mol. The number of aromatic nitrogens is 2. The predicted molar refractivity (Wildman–Crippen MR) is 151 cm³/mol. The Kier molecular flexibility index (Phi) is 8.68. The van der Waals surface area contributed by atoms with Gasteiger partial charge >= 0.3 is 0 Å². The predicted octanol–water partition coefficient (Wildman–Crippen LogP) is 4.22. The minimum absolute atomic E-state index is 0.0749. The first-order valence-electron chi connectivity index (χ1n) is 13.8. The number of nitrogens with zero attached hydrogens (tertiary/aromatic N) is 4. The van der Waals surface area contributed by atoms with Crippen molar-refractivity contribution in [2.75, 3.05) is 50.3 Å². The summed E-state index contributed by atoms with van der Waals surface area (Å²) in [4.78, 5) is 38.3. The van der Waals surface area contributed by atoms with Gasteiger partial charge in [0.1, 0.15) is 29.5 Å². The zero-order valence-corrected chi connectivity index (χ0v) is 22.2. The Bertz CT molecular complexity index is 1260. The van der Waals surface area contributed by atoms with Gasteiger partial charge in [0.05, 0.1) is 12.1 Å². The van der Waals surface area contributed by atoms with Gasteiger partial charge in [-0.3, -0.25) is 9.59 Å². The smallest absolute Gasteiger partial charge is 0.224 e. The second-order valence-corrected chi connectivity index (χ2v) is 10.2. The van der Waals surface area contributed by atoms with Gasteiger partial charge in [-0.1, -0.05) is 36.8 Å². The van der Waals surface area contributed by atoms with Crippen molar-refractivity contribution in [3.05, 3.63) is 60.9 Å². The van der Waals surface area contributed by atoms with E-state index in [2.05, 4.69) is 20.2 Å². The first-order chi connectivity index (χ1) is 19.1. The van der Waals surface area contributed by atoms with E-state index in [1.165, 1.54) is 25.6 Å². The van der Waals surface area contributed by atoms with Crippen LogP contribution in [-0.2, 0) is 9.59 Å². The third-order valence-electron chi connectivity index (χ3n) is 7.51. The van der Waals surface area contributed by atoms with Crippen LogP contribution in [0.15, 0.2) is 60.9 Å². The number of carbonyl (C=O) groups excluding carboxylic acids is 2. The highest BCUT2D eigenvalue weighted by Crippen LogP contribution is 2.33. The number of ketones is 1. The molecule has 5 rings (SSSR count). The lowest BCUT2D eigenvalue weighted by Gasteiger charge is -2.32. The Balaban J connectivity index is 1.16. The summed E-state index contributed by atoms with van der Waals surface area (Å²) in [5, 5.41) is 3.33. The summed E-state index contributed by atoms with van der Waals surface area (Å²) in [6, 6.07) is 17.2. The van der Waals surface area contributed by atoms with Crippen LogP contribution in [0.4, 0.5) is 11.6 Å². The summed E-state index contributed by atoms with van der Waals surface area (Å²) in [7, 11) is 0. The van der Waals surface area contributed by atoms with Crippen molar-refractivity contribution in [1.82, 2.24) is 19.8 Å². The number of hydrogen-bond donors (Lipinski definition) is 2. The van der Waals surface area contributed by atoms with Crippen molar-refractivity contribution in [2.45, 2.75) is 32.1 Å². The standard InChI is InChI=1S/C30H36N6O3/c31-29-28(22-9-11-25(12-10-22)39-24-7-3-1-4-8-24)30(34-21-33-29)32-19-23-13-18-36(20-26(23)37)27(38)14-17-35-15-5-2-6-16-35/h1,3-4,7-12,21,23H,2,5-6,13-20H2,(H3,31,32,33,34). The number of likely N-dealkylation sites (tertiary alicyclic amines) is 2. The average molecular weight is 529 g/mol. The lowest BCUT2D eigenvalue weighted by atomic mass is 9.95. The minimum Gasteiger partial charge on any atom is -0.457 e. The molecule has 1 unspecified atom stereocenters. The number of carbonyl (C=O) groups is 2. The molecule has 1 aromatic heterocycles. The summed E-state index contributed by atoms with van der Waals surface area (Å²) in [5.41, 5.74) is 7.77. The molecular formula is C30H36N6O3. The maximum absolute atomic E-state index is 12.9.